The van der Waals surface area contributed by atoms with Crippen LogP contribution in [0, 0.1) is 0 Å². The van der Waals surface area contributed by atoms with Crippen LogP contribution in [0.2, 0.25) is 0 Å². The van der Waals surface area contributed by atoms with Crippen LogP contribution < -0.4 is 9.64 Å². The normalized spacial score (nSPS) is 15.4. The Morgan fingerprint density at radius 1 is 0.622 bits per heavy atom. The molecule has 0 aromatic heterocycles. The predicted molar refractivity (Wildman–Crippen MR) is 145 cm³/mol. The van der Waals surface area contributed by atoms with Crippen molar-refractivity contribution in [2.24, 2.45) is 0 Å². The summed E-state index contributed by atoms with van der Waals surface area (Å²) in [5.41, 5.74) is 3.47. The number of hydrogen-bond acceptors (Lipinski definition) is 3. The third-order valence-electron chi connectivity index (χ3n) is 7.21. The average molecular weight is 480 g/mol. The van der Waals surface area contributed by atoms with E-state index in [1.54, 1.807) is 24.3 Å². The zero-order valence-corrected chi connectivity index (χ0v) is 19.8. The topological polar surface area (TPSA) is 46.6 Å². The van der Waals surface area contributed by atoms with E-state index in [1.807, 2.05) is 91.0 Å². The fourth-order valence-electron chi connectivity index (χ4n) is 5.49. The molecule has 0 bridgehead atoms. The van der Waals surface area contributed by atoms with Crippen molar-refractivity contribution in [2.75, 3.05) is 4.90 Å². The lowest BCUT2D eigenvalue weighted by atomic mass is 9.82. The molecule has 2 aliphatic heterocycles. The Hall–Kier alpha value is -4.96. The first-order valence-electron chi connectivity index (χ1n) is 12.2. The standard InChI is InChI=1S/C33H21NO3/c35-31-27-18-10-17-26-25-19-20-33(22-11-4-1-5-12-22,23-13-6-2-7-14-23)37-29(25)21-28(30(26)27)32(36)34(31)24-15-8-3-9-16-24/h1-21H. The Morgan fingerprint density at radius 2 is 1.22 bits per heavy atom. The molecule has 0 atom stereocenters. The van der Waals surface area contributed by atoms with Gasteiger partial charge in [-0.05, 0) is 41.8 Å². The lowest BCUT2D eigenvalue weighted by Gasteiger charge is -2.37. The van der Waals surface area contributed by atoms with E-state index in [4.69, 9.17) is 4.74 Å². The Balaban J connectivity index is 1.47. The molecule has 0 saturated carbocycles. The summed E-state index contributed by atoms with van der Waals surface area (Å²) in [6, 6.07) is 36.6. The van der Waals surface area contributed by atoms with Crippen LogP contribution in [-0.2, 0) is 5.60 Å². The summed E-state index contributed by atoms with van der Waals surface area (Å²) in [4.78, 5) is 28.6. The molecule has 0 saturated heterocycles. The summed E-state index contributed by atoms with van der Waals surface area (Å²) in [5, 5.41) is 1.49. The third kappa shape index (κ3) is 3.09. The number of nitrogens with zero attached hydrogens (tertiary/aromatic N) is 1. The molecule has 2 aliphatic rings. The molecule has 7 rings (SSSR count). The first-order valence-corrected chi connectivity index (χ1v) is 12.2. The van der Waals surface area contributed by atoms with Crippen molar-refractivity contribution < 1.29 is 14.3 Å². The van der Waals surface area contributed by atoms with Gasteiger partial charge in [0.2, 0.25) is 0 Å². The van der Waals surface area contributed by atoms with Gasteiger partial charge in [0.25, 0.3) is 11.8 Å². The maximum absolute atomic E-state index is 13.8. The van der Waals surface area contributed by atoms with Crippen LogP contribution in [0.4, 0.5) is 5.69 Å². The fourth-order valence-corrected chi connectivity index (χ4v) is 5.49. The Labute approximate surface area is 214 Å². The van der Waals surface area contributed by atoms with Gasteiger partial charge in [-0.3, -0.25) is 9.59 Å². The molecule has 0 unspecified atom stereocenters. The summed E-state index contributed by atoms with van der Waals surface area (Å²) in [7, 11) is 0. The molecule has 0 radical (unpaired) electrons. The second-order valence-electron chi connectivity index (χ2n) is 9.25. The van der Waals surface area contributed by atoms with Crippen molar-refractivity contribution in [3.8, 4) is 5.75 Å². The van der Waals surface area contributed by atoms with Gasteiger partial charge in [0, 0.05) is 27.6 Å². The SMILES string of the molecule is O=C1c2cccc3c4c(cc(c23)C(=O)N1c1ccccc1)OC(c1ccccc1)(c1ccccc1)C=C4. The summed E-state index contributed by atoms with van der Waals surface area (Å²) < 4.78 is 6.88. The molecular weight excluding hydrogens is 458 g/mol. The Kier molecular flexibility index (Phi) is 4.63. The van der Waals surface area contributed by atoms with E-state index in [0.717, 1.165) is 22.1 Å². The number of ether oxygens (including phenoxy) is 1. The van der Waals surface area contributed by atoms with Gasteiger partial charge in [0.05, 0.1) is 11.3 Å². The van der Waals surface area contributed by atoms with Crippen molar-refractivity contribution in [3.63, 3.8) is 0 Å². The van der Waals surface area contributed by atoms with Gasteiger partial charge in [0.15, 0.2) is 5.60 Å². The van der Waals surface area contributed by atoms with E-state index in [2.05, 4.69) is 12.2 Å². The van der Waals surface area contributed by atoms with Crippen LogP contribution in [0.3, 0.4) is 0 Å². The number of hydrogen-bond donors (Lipinski definition) is 0. The molecular formula is C33H21NO3. The zero-order valence-electron chi connectivity index (χ0n) is 19.8. The van der Waals surface area contributed by atoms with Crippen molar-refractivity contribution in [2.45, 2.75) is 5.60 Å². The number of carbonyl (C=O) groups excluding carboxylic acids is 2. The van der Waals surface area contributed by atoms with E-state index in [1.165, 1.54) is 4.90 Å². The van der Waals surface area contributed by atoms with Gasteiger partial charge in [-0.15, -0.1) is 0 Å². The van der Waals surface area contributed by atoms with E-state index in [9.17, 15) is 9.59 Å². The lowest BCUT2D eigenvalue weighted by Crippen LogP contribution is -2.41. The maximum Gasteiger partial charge on any atom is 0.266 e. The van der Waals surface area contributed by atoms with Crippen molar-refractivity contribution >= 4 is 34.4 Å². The highest BCUT2D eigenvalue weighted by Crippen LogP contribution is 2.46. The molecule has 0 spiro atoms. The van der Waals surface area contributed by atoms with Gasteiger partial charge < -0.3 is 4.74 Å². The molecule has 4 nitrogen and oxygen atoms in total. The van der Waals surface area contributed by atoms with Crippen molar-refractivity contribution in [1.29, 1.82) is 0 Å². The Bertz CT molecular complexity index is 1680. The smallest absolute Gasteiger partial charge is 0.266 e. The second-order valence-corrected chi connectivity index (χ2v) is 9.25. The molecule has 0 fully saturated rings. The molecule has 4 heteroatoms. The molecule has 2 heterocycles. The number of benzene rings is 5. The van der Waals surface area contributed by atoms with Gasteiger partial charge in [0.1, 0.15) is 5.75 Å². The van der Waals surface area contributed by atoms with Crippen molar-refractivity contribution in [3.05, 3.63) is 149 Å². The highest BCUT2D eigenvalue weighted by Gasteiger charge is 2.40. The van der Waals surface area contributed by atoms with Crippen LogP contribution >= 0.6 is 0 Å². The number of fused-ring (bicyclic) bond motifs is 2. The van der Waals surface area contributed by atoms with Crippen molar-refractivity contribution in [1.82, 2.24) is 0 Å². The summed E-state index contributed by atoms with van der Waals surface area (Å²) in [5.74, 6) is -0.0747. The first-order chi connectivity index (χ1) is 18.2. The van der Waals surface area contributed by atoms with E-state index < -0.39 is 5.60 Å². The predicted octanol–water partition coefficient (Wildman–Crippen LogP) is 6.99. The molecule has 5 aromatic rings. The highest BCUT2D eigenvalue weighted by atomic mass is 16.5. The highest BCUT2D eigenvalue weighted by molar-refractivity contribution is 6.36. The van der Waals surface area contributed by atoms with Crippen LogP contribution in [-0.4, -0.2) is 11.8 Å². The van der Waals surface area contributed by atoms with Gasteiger partial charge in [-0.25, -0.2) is 4.90 Å². The minimum Gasteiger partial charge on any atom is -0.473 e. The van der Waals surface area contributed by atoms with Gasteiger partial charge >= 0.3 is 0 Å². The van der Waals surface area contributed by atoms with Crippen LogP contribution in [0.1, 0.15) is 37.4 Å². The maximum atomic E-state index is 13.8. The molecule has 37 heavy (non-hydrogen) atoms. The number of imide groups is 1. The number of para-hydroxylation sites is 1. The van der Waals surface area contributed by atoms with Crippen LogP contribution in [0.25, 0.3) is 16.8 Å². The quantitative estimate of drug-likeness (QED) is 0.262. The minimum absolute atomic E-state index is 0.321. The van der Waals surface area contributed by atoms with Gasteiger partial charge in [-0.1, -0.05) is 91.0 Å². The lowest BCUT2D eigenvalue weighted by molar-refractivity contribution is 0.0892. The third-order valence-corrected chi connectivity index (χ3v) is 7.21. The zero-order chi connectivity index (χ0) is 25.0. The second kappa shape index (κ2) is 8.04. The summed E-state index contributed by atoms with van der Waals surface area (Å²) >= 11 is 0. The molecule has 2 amide bonds. The number of rotatable bonds is 3. The number of amides is 2. The van der Waals surface area contributed by atoms with E-state index in [-0.39, 0.29) is 11.8 Å². The molecule has 0 aliphatic carbocycles. The largest absolute Gasteiger partial charge is 0.473 e. The van der Waals surface area contributed by atoms with E-state index >= 15 is 0 Å². The van der Waals surface area contributed by atoms with Crippen LogP contribution in [0.5, 0.6) is 5.75 Å². The minimum atomic E-state index is -0.861. The average Bonchev–Trinajstić information content (AvgIpc) is 2.97. The molecule has 176 valence electrons. The van der Waals surface area contributed by atoms with Crippen LogP contribution in [0.15, 0.2) is 121 Å². The number of carbonyl (C=O) groups is 2. The summed E-state index contributed by atoms with van der Waals surface area (Å²) in [6.07, 6.45) is 4.12. The van der Waals surface area contributed by atoms with Gasteiger partial charge in [-0.2, -0.15) is 0 Å². The first kappa shape index (κ1) is 21.3. The Morgan fingerprint density at radius 3 is 1.86 bits per heavy atom. The van der Waals surface area contributed by atoms with E-state index in [0.29, 0.717) is 28.0 Å². The molecule has 5 aromatic carbocycles. The fraction of sp³-hybridized carbons (Fsp3) is 0.0303. The molecule has 0 N–H and O–H groups in total. The monoisotopic (exact) mass is 479 g/mol. The number of anilines is 1. The summed E-state index contributed by atoms with van der Waals surface area (Å²) in [6.45, 7) is 0.